The second-order valence-electron chi connectivity index (χ2n) is 6.99. The topological polar surface area (TPSA) is 81.9 Å². The van der Waals surface area contributed by atoms with Crippen molar-refractivity contribution in [2.24, 2.45) is 5.92 Å². The van der Waals surface area contributed by atoms with Crippen molar-refractivity contribution in [1.29, 1.82) is 0 Å². The van der Waals surface area contributed by atoms with E-state index >= 15 is 0 Å². The quantitative estimate of drug-likeness (QED) is 0.389. The Hall–Kier alpha value is -2.74. The van der Waals surface area contributed by atoms with Crippen LogP contribution in [0.5, 0.6) is 11.5 Å². The first-order valence-electron chi connectivity index (χ1n) is 8.90. The molecule has 3 rings (SSSR count). The summed E-state index contributed by atoms with van der Waals surface area (Å²) in [7, 11) is 1.67. The first-order valence-corrected chi connectivity index (χ1v) is 9.89. The van der Waals surface area contributed by atoms with E-state index in [0.717, 1.165) is 11.3 Å². The molecular formula is C20H22N2O5S. The number of amides is 1. The van der Waals surface area contributed by atoms with Crippen molar-refractivity contribution in [2.75, 3.05) is 19.6 Å². The third kappa shape index (κ3) is 4.56. The molecule has 148 valence electrons. The monoisotopic (exact) mass is 402 g/mol. The number of fused-ring (bicyclic) bond motifs is 1. The minimum Gasteiger partial charge on any atom is -0.454 e. The van der Waals surface area contributed by atoms with Crippen LogP contribution in [0.4, 0.5) is 5.69 Å². The summed E-state index contributed by atoms with van der Waals surface area (Å²) in [5.74, 6) is 2.25. The molecule has 0 spiro atoms. The van der Waals surface area contributed by atoms with Gasteiger partial charge >= 0.3 is 0 Å². The average molecular weight is 402 g/mol. The van der Waals surface area contributed by atoms with Gasteiger partial charge in [-0.2, -0.15) is 0 Å². The molecule has 1 amide bonds. The highest BCUT2D eigenvalue weighted by Crippen LogP contribution is 2.33. The van der Waals surface area contributed by atoms with Crippen LogP contribution in [0, 0.1) is 16.0 Å². The van der Waals surface area contributed by atoms with E-state index in [2.05, 4.69) is 13.8 Å². The molecule has 2 aromatic carbocycles. The highest BCUT2D eigenvalue weighted by Gasteiger charge is 2.21. The molecule has 1 heterocycles. The van der Waals surface area contributed by atoms with Crippen molar-refractivity contribution >= 4 is 23.4 Å². The fourth-order valence-corrected chi connectivity index (χ4v) is 3.74. The maximum atomic E-state index is 12.8. The number of hydrogen-bond acceptors (Lipinski definition) is 6. The molecule has 0 aliphatic carbocycles. The normalized spacial score (nSPS) is 12.3. The van der Waals surface area contributed by atoms with Crippen LogP contribution in [0.15, 0.2) is 41.3 Å². The van der Waals surface area contributed by atoms with E-state index in [1.54, 1.807) is 19.2 Å². The molecule has 0 unspecified atom stereocenters. The van der Waals surface area contributed by atoms with Gasteiger partial charge in [-0.3, -0.25) is 14.9 Å². The SMILES string of the molecule is CC(C)CSc1ccc(C(=O)N(C)Cc2ccc3c(c2)OCO3)cc1[N+](=O)[O-]. The molecule has 0 radical (unpaired) electrons. The molecule has 0 fully saturated rings. The molecular weight excluding hydrogens is 380 g/mol. The van der Waals surface area contributed by atoms with Gasteiger partial charge in [-0.15, -0.1) is 11.8 Å². The summed E-state index contributed by atoms with van der Waals surface area (Å²) in [6.07, 6.45) is 0. The van der Waals surface area contributed by atoms with Crippen molar-refractivity contribution in [2.45, 2.75) is 25.3 Å². The lowest BCUT2D eigenvalue weighted by molar-refractivity contribution is -0.387. The van der Waals surface area contributed by atoms with E-state index in [0.29, 0.717) is 34.4 Å². The largest absolute Gasteiger partial charge is 0.454 e. The predicted molar refractivity (Wildman–Crippen MR) is 107 cm³/mol. The van der Waals surface area contributed by atoms with Gasteiger partial charge in [0.2, 0.25) is 6.79 Å². The van der Waals surface area contributed by atoms with E-state index in [4.69, 9.17) is 9.47 Å². The predicted octanol–water partition coefficient (Wildman–Crippen LogP) is 4.34. The molecule has 0 saturated heterocycles. The van der Waals surface area contributed by atoms with Gasteiger partial charge < -0.3 is 14.4 Å². The number of nitrogens with zero attached hydrogens (tertiary/aromatic N) is 2. The number of ether oxygens (including phenoxy) is 2. The molecule has 8 heteroatoms. The summed E-state index contributed by atoms with van der Waals surface area (Å²) in [6, 6.07) is 10.2. The summed E-state index contributed by atoms with van der Waals surface area (Å²) in [5, 5.41) is 11.5. The third-order valence-corrected chi connectivity index (χ3v) is 5.67. The van der Waals surface area contributed by atoms with E-state index in [-0.39, 0.29) is 18.4 Å². The number of carbonyl (C=O) groups excluding carboxylic acids is 1. The smallest absolute Gasteiger partial charge is 0.283 e. The van der Waals surface area contributed by atoms with Crippen molar-refractivity contribution < 1.29 is 19.2 Å². The first kappa shape index (κ1) is 20.0. The number of benzene rings is 2. The summed E-state index contributed by atoms with van der Waals surface area (Å²) in [5.41, 5.74) is 1.15. The molecule has 1 aliphatic heterocycles. The third-order valence-electron chi connectivity index (χ3n) is 4.18. The first-order chi connectivity index (χ1) is 13.3. The zero-order valence-electron chi connectivity index (χ0n) is 16.0. The molecule has 2 aromatic rings. The second-order valence-corrected chi connectivity index (χ2v) is 8.06. The fraction of sp³-hybridized carbons (Fsp3) is 0.350. The number of thioether (sulfide) groups is 1. The Labute approximate surface area is 167 Å². The molecule has 0 aromatic heterocycles. The van der Waals surface area contributed by atoms with Gasteiger partial charge in [0.25, 0.3) is 11.6 Å². The molecule has 0 saturated carbocycles. The van der Waals surface area contributed by atoms with Crippen LogP contribution in [0.3, 0.4) is 0 Å². The van der Waals surface area contributed by atoms with Crippen molar-refractivity contribution in [3.05, 3.63) is 57.6 Å². The number of nitro groups is 1. The van der Waals surface area contributed by atoms with Crippen LogP contribution in [0.2, 0.25) is 0 Å². The van der Waals surface area contributed by atoms with Crippen LogP contribution in [-0.4, -0.2) is 35.3 Å². The standard InChI is InChI=1S/C20H22N2O5S/c1-13(2)11-28-19-7-5-15(9-16(19)22(24)25)20(23)21(3)10-14-4-6-17-18(8-14)27-12-26-17/h4-9,13H,10-12H2,1-3H3. The van der Waals surface area contributed by atoms with Crippen LogP contribution >= 0.6 is 11.8 Å². The van der Waals surface area contributed by atoms with Crippen LogP contribution in [-0.2, 0) is 6.54 Å². The molecule has 0 bridgehead atoms. The maximum absolute atomic E-state index is 12.8. The van der Waals surface area contributed by atoms with Crippen molar-refractivity contribution in [3.63, 3.8) is 0 Å². The van der Waals surface area contributed by atoms with Crippen LogP contribution < -0.4 is 9.47 Å². The molecule has 28 heavy (non-hydrogen) atoms. The summed E-state index contributed by atoms with van der Waals surface area (Å²) < 4.78 is 10.6. The summed E-state index contributed by atoms with van der Waals surface area (Å²) in [6.45, 7) is 4.66. The van der Waals surface area contributed by atoms with E-state index < -0.39 is 4.92 Å². The lowest BCUT2D eigenvalue weighted by Gasteiger charge is -2.18. The Morgan fingerprint density at radius 3 is 2.68 bits per heavy atom. The number of hydrogen-bond donors (Lipinski definition) is 0. The highest BCUT2D eigenvalue weighted by molar-refractivity contribution is 7.99. The van der Waals surface area contributed by atoms with Gasteiger partial charge in [0.1, 0.15) is 0 Å². The fourth-order valence-electron chi connectivity index (χ4n) is 2.78. The Bertz CT molecular complexity index is 900. The van der Waals surface area contributed by atoms with Gasteiger partial charge in [0.05, 0.1) is 9.82 Å². The van der Waals surface area contributed by atoms with Gasteiger partial charge in [0.15, 0.2) is 11.5 Å². The van der Waals surface area contributed by atoms with Gasteiger partial charge in [-0.05, 0) is 35.7 Å². The van der Waals surface area contributed by atoms with Gasteiger partial charge in [-0.1, -0.05) is 19.9 Å². The van der Waals surface area contributed by atoms with Crippen molar-refractivity contribution in [1.82, 2.24) is 4.90 Å². The zero-order valence-corrected chi connectivity index (χ0v) is 16.8. The van der Waals surface area contributed by atoms with E-state index in [1.807, 2.05) is 18.2 Å². The second kappa shape index (κ2) is 8.52. The minimum absolute atomic E-state index is 0.0343. The Kier molecular flexibility index (Phi) is 6.08. The van der Waals surface area contributed by atoms with Gasteiger partial charge in [0, 0.05) is 31.0 Å². The Morgan fingerprint density at radius 1 is 1.21 bits per heavy atom. The number of nitro benzene ring substituents is 1. The Balaban J connectivity index is 1.75. The summed E-state index contributed by atoms with van der Waals surface area (Å²) >= 11 is 1.43. The lowest BCUT2D eigenvalue weighted by Crippen LogP contribution is -2.26. The maximum Gasteiger partial charge on any atom is 0.283 e. The van der Waals surface area contributed by atoms with Crippen molar-refractivity contribution in [3.8, 4) is 11.5 Å². The van der Waals surface area contributed by atoms with Crippen LogP contribution in [0.25, 0.3) is 0 Å². The Morgan fingerprint density at radius 2 is 1.96 bits per heavy atom. The average Bonchev–Trinajstić information content (AvgIpc) is 3.13. The molecule has 7 nitrogen and oxygen atoms in total. The number of rotatable bonds is 7. The number of carbonyl (C=O) groups is 1. The van der Waals surface area contributed by atoms with E-state index in [9.17, 15) is 14.9 Å². The lowest BCUT2D eigenvalue weighted by atomic mass is 10.1. The summed E-state index contributed by atoms with van der Waals surface area (Å²) in [4.78, 5) is 25.9. The van der Waals surface area contributed by atoms with Gasteiger partial charge in [-0.25, -0.2) is 0 Å². The zero-order chi connectivity index (χ0) is 20.3. The molecule has 0 atom stereocenters. The highest BCUT2D eigenvalue weighted by atomic mass is 32.2. The van der Waals surface area contributed by atoms with E-state index in [1.165, 1.54) is 22.7 Å². The molecule has 0 N–H and O–H groups in total. The minimum atomic E-state index is -0.433. The van der Waals surface area contributed by atoms with Crippen LogP contribution in [0.1, 0.15) is 29.8 Å². The molecule has 1 aliphatic rings.